The highest BCUT2D eigenvalue weighted by molar-refractivity contribution is 5.69. The van der Waals surface area contributed by atoms with Crippen LogP contribution in [0.1, 0.15) is 220 Å². The second-order valence-electron chi connectivity index (χ2n) is 19.1. The molecule has 0 aromatic carbocycles. The Balaban J connectivity index is 2.87. The second-order valence-corrected chi connectivity index (χ2v) is 19.1. The summed E-state index contributed by atoms with van der Waals surface area (Å²) in [5.74, 6) is -0.451. The van der Waals surface area contributed by atoms with Crippen LogP contribution in [0.4, 0.5) is 0 Å². The Morgan fingerprint density at radius 2 is 0.943 bits per heavy atom. The predicted molar refractivity (Wildman–Crippen MR) is 290 cm³/mol. The summed E-state index contributed by atoms with van der Waals surface area (Å²) in [5, 5.41) is 9.45. The molecule has 0 atom stereocenters. The fraction of sp³-hybridized carbons (Fsp3) is 0.814. The molecule has 1 N–H and O–H groups in total. The van der Waals surface area contributed by atoms with Crippen LogP contribution in [0.2, 0.25) is 0 Å². The number of aliphatic hydroxyl groups excluding tert-OH is 1. The lowest BCUT2D eigenvalue weighted by molar-refractivity contribution is -0.494. The van der Waals surface area contributed by atoms with E-state index in [9.17, 15) is 14.7 Å². The molecule has 0 heterocycles. The molecule has 1 fully saturated rings. The first-order valence-electron chi connectivity index (χ1n) is 28.7. The lowest BCUT2D eigenvalue weighted by Crippen LogP contribution is -2.50. The molecule has 406 valence electrons. The number of esters is 2. The molecule has 11 nitrogen and oxygen atoms in total. The van der Waals surface area contributed by atoms with Crippen molar-refractivity contribution in [2.75, 3.05) is 66.4 Å². The minimum Gasteiger partial charge on any atom is -0.464 e. The summed E-state index contributed by atoms with van der Waals surface area (Å²) in [6, 6.07) is 0.0868. The first kappa shape index (κ1) is 65.3. The first-order valence-corrected chi connectivity index (χ1v) is 28.7. The summed E-state index contributed by atoms with van der Waals surface area (Å²) in [6.45, 7) is 13.2. The quantitative estimate of drug-likeness (QED) is 0.0158. The zero-order valence-corrected chi connectivity index (χ0v) is 45.7. The largest absolute Gasteiger partial charge is 0.464 e. The number of allylic oxidation sites excluding steroid dienone is 8. The molecule has 0 bridgehead atoms. The minimum atomic E-state index is -0.269. The van der Waals surface area contributed by atoms with Crippen molar-refractivity contribution in [3.63, 3.8) is 0 Å². The van der Waals surface area contributed by atoms with Crippen LogP contribution in [0.3, 0.4) is 0 Å². The fourth-order valence-electron chi connectivity index (χ4n) is 8.62. The molecule has 0 aliphatic heterocycles. The number of hydrogen-bond acceptors (Lipinski definition) is 10. The Labute approximate surface area is 429 Å². The first-order chi connectivity index (χ1) is 34.4. The van der Waals surface area contributed by atoms with Gasteiger partial charge in [0, 0.05) is 58.3 Å². The Morgan fingerprint density at radius 3 is 1.31 bits per heavy atom. The van der Waals surface area contributed by atoms with E-state index in [0.29, 0.717) is 58.2 Å². The molecule has 0 amide bonds. The van der Waals surface area contributed by atoms with E-state index in [1.54, 1.807) is 6.21 Å². The highest BCUT2D eigenvalue weighted by Crippen LogP contribution is 2.25. The van der Waals surface area contributed by atoms with Crippen LogP contribution < -0.4 is 0 Å². The van der Waals surface area contributed by atoms with Crippen molar-refractivity contribution in [2.24, 2.45) is 0 Å². The van der Waals surface area contributed by atoms with Gasteiger partial charge >= 0.3 is 11.9 Å². The maximum atomic E-state index is 13.4. The lowest BCUT2D eigenvalue weighted by atomic mass is 9.93. The van der Waals surface area contributed by atoms with Crippen LogP contribution >= 0.6 is 0 Å². The van der Waals surface area contributed by atoms with E-state index >= 15 is 0 Å². The van der Waals surface area contributed by atoms with Crippen molar-refractivity contribution in [1.29, 1.82) is 0 Å². The second kappa shape index (κ2) is 49.9. The van der Waals surface area contributed by atoms with E-state index in [1.165, 1.54) is 6.42 Å². The van der Waals surface area contributed by atoms with Gasteiger partial charge in [-0.2, -0.15) is 0 Å². The van der Waals surface area contributed by atoms with Gasteiger partial charge in [-0.15, -0.1) is 0 Å². The van der Waals surface area contributed by atoms with E-state index in [-0.39, 0.29) is 50.4 Å². The molecule has 1 aliphatic rings. The minimum absolute atomic E-state index is 0.00156. The molecule has 0 spiro atoms. The molecule has 0 saturated heterocycles. The zero-order valence-electron chi connectivity index (χ0n) is 45.7. The summed E-state index contributed by atoms with van der Waals surface area (Å²) in [4.78, 5) is 29.2. The van der Waals surface area contributed by atoms with Crippen molar-refractivity contribution in [2.45, 2.75) is 245 Å². The molecule has 0 unspecified atom stereocenters. The smallest absolute Gasteiger partial charge is 0.305 e. The number of unbranched alkanes of at least 4 members (excludes halogenated alkanes) is 10. The van der Waals surface area contributed by atoms with Crippen LogP contribution in [-0.2, 0) is 38.0 Å². The van der Waals surface area contributed by atoms with Crippen LogP contribution in [0, 0.1) is 0 Å². The van der Waals surface area contributed by atoms with Crippen molar-refractivity contribution >= 4 is 18.2 Å². The third-order valence-electron chi connectivity index (χ3n) is 12.7. The van der Waals surface area contributed by atoms with Gasteiger partial charge in [-0.05, 0) is 154 Å². The van der Waals surface area contributed by atoms with Gasteiger partial charge in [-0.1, -0.05) is 95.6 Å². The van der Waals surface area contributed by atoms with E-state index in [0.717, 1.165) is 174 Å². The molecule has 0 aromatic heterocycles. The summed E-state index contributed by atoms with van der Waals surface area (Å²) < 4.78 is 39.0. The number of carbonyl (C=O) groups is 2. The van der Waals surface area contributed by atoms with Crippen molar-refractivity contribution in [3.05, 3.63) is 48.6 Å². The van der Waals surface area contributed by atoms with E-state index in [4.69, 9.17) is 28.4 Å². The van der Waals surface area contributed by atoms with Crippen molar-refractivity contribution in [1.82, 2.24) is 4.90 Å². The van der Waals surface area contributed by atoms with Gasteiger partial charge in [0.05, 0.1) is 6.04 Å². The molecular weight excluding hydrogens is 881 g/mol. The van der Waals surface area contributed by atoms with Crippen LogP contribution in [0.5, 0.6) is 0 Å². The number of nitrogens with zero attached hydrogens (tertiary/aromatic N) is 2. The highest BCUT2D eigenvalue weighted by Gasteiger charge is 2.30. The van der Waals surface area contributed by atoms with E-state index in [1.807, 2.05) is 11.6 Å². The topological polar surface area (TPSA) is 116 Å². The molecular formula is C59H107N2O9+. The molecule has 1 aliphatic carbocycles. The van der Waals surface area contributed by atoms with Crippen LogP contribution in [-0.4, -0.2) is 124 Å². The fourth-order valence-corrected chi connectivity index (χ4v) is 8.62. The SMILES string of the molecule is CC/C=C\CCCCOC(CCCCC(=O)OCC(COC(=O)CCCCC(OCCCC/C=C\CC)OCCCC/C=C\CC)N(CCC[N+](C)=CCO)C1CCCCC1)OCCCC/C=C\CC. The van der Waals surface area contributed by atoms with E-state index < -0.39 is 0 Å². The molecule has 70 heavy (non-hydrogen) atoms. The molecule has 11 heteroatoms. The van der Waals surface area contributed by atoms with Gasteiger partial charge in [-0.25, -0.2) is 4.58 Å². The number of rotatable bonds is 49. The van der Waals surface area contributed by atoms with Gasteiger partial charge in [-0.3, -0.25) is 14.5 Å². The highest BCUT2D eigenvalue weighted by atomic mass is 16.7. The van der Waals surface area contributed by atoms with Gasteiger partial charge in [0.25, 0.3) is 0 Å². The monoisotopic (exact) mass is 988 g/mol. The van der Waals surface area contributed by atoms with Gasteiger partial charge in [0.2, 0.25) is 0 Å². The predicted octanol–water partition coefficient (Wildman–Crippen LogP) is 13.6. The normalized spacial score (nSPS) is 14.2. The lowest BCUT2D eigenvalue weighted by Gasteiger charge is -2.39. The van der Waals surface area contributed by atoms with Crippen LogP contribution in [0.15, 0.2) is 48.6 Å². The number of carbonyl (C=O) groups excluding carboxylic acids is 2. The number of ether oxygens (including phenoxy) is 6. The number of aliphatic hydroxyl groups is 1. The van der Waals surface area contributed by atoms with Gasteiger partial charge in [0.1, 0.15) is 33.4 Å². The molecule has 1 rings (SSSR count). The Bertz CT molecular complexity index is 1220. The van der Waals surface area contributed by atoms with E-state index in [2.05, 4.69) is 81.2 Å². The van der Waals surface area contributed by atoms with Gasteiger partial charge in [0.15, 0.2) is 18.8 Å². The zero-order chi connectivity index (χ0) is 50.8. The average molecular weight is 989 g/mol. The Kier molecular flexibility index (Phi) is 46.6. The molecule has 1 saturated carbocycles. The third kappa shape index (κ3) is 39.9. The standard InChI is InChI=1S/C59H107N2O9/c1-6-10-14-18-22-33-48-65-58(66-49-34-23-19-15-11-7-2)42-31-29-40-56(63)69-52-55(61(54-38-27-26-28-39-54)45-37-44-60(5)46-47-62)53-70-57(64)41-30-32-43-59(67-50-35-24-20-16-12-8-3)68-51-36-25-21-17-13-9-4/h10-17,46,54-55,58-59,62H,6-9,18-45,47-53H2,1-5H3/q+1/b14-10-,15-11-,16-12-,17-13-,60-46?. The average Bonchev–Trinajstić information content (AvgIpc) is 3.36. The van der Waals surface area contributed by atoms with Crippen LogP contribution in [0.25, 0.3) is 0 Å². The summed E-state index contributed by atoms with van der Waals surface area (Å²) >= 11 is 0. The summed E-state index contributed by atoms with van der Waals surface area (Å²) in [7, 11) is 1.98. The maximum absolute atomic E-state index is 13.4. The molecule has 0 radical (unpaired) electrons. The molecule has 0 aromatic rings. The summed E-state index contributed by atoms with van der Waals surface area (Å²) in [6.07, 6.45) is 47.7. The third-order valence-corrected chi connectivity index (χ3v) is 12.7. The van der Waals surface area contributed by atoms with Crippen molar-refractivity contribution < 1.29 is 47.7 Å². The number of hydrogen-bond donors (Lipinski definition) is 1. The van der Waals surface area contributed by atoms with Crippen molar-refractivity contribution in [3.8, 4) is 0 Å². The Hall–Kier alpha value is -2.67. The maximum Gasteiger partial charge on any atom is 0.305 e. The summed E-state index contributed by atoms with van der Waals surface area (Å²) in [5.41, 5.74) is 0. The van der Waals surface area contributed by atoms with Gasteiger partial charge < -0.3 is 33.5 Å². The Morgan fingerprint density at radius 1 is 0.543 bits per heavy atom.